The topological polar surface area (TPSA) is 21.1 Å². The number of imidazole rings is 1. The molecule has 1 aromatic heterocycles. The quantitative estimate of drug-likeness (QED) is 0.808. The Morgan fingerprint density at radius 3 is 2.89 bits per heavy atom. The molecule has 1 atom stereocenters. The lowest BCUT2D eigenvalue weighted by Gasteiger charge is -2.32. The molecule has 0 N–H and O–H groups in total. The van der Waals surface area contributed by atoms with E-state index in [1.807, 2.05) is 0 Å². The maximum Gasteiger partial charge on any atom is 0.123 e. The van der Waals surface area contributed by atoms with E-state index < -0.39 is 0 Å². The second-order valence-corrected chi connectivity index (χ2v) is 5.39. The van der Waals surface area contributed by atoms with Gasteiger partial charge in [-0.05, 0) is 38.4 Å². The lowest BCUT2D eigenvalue weighted by atomic mass is 10.0. The minimum atomic E-state index is 0.693. The lowest BCUT2D eigenvalue weighted by molar-refractivity contribution is 0.148. The summed E-state index contributed by atoms with van der Waals surface area (Å²) in [4.78, 5) is 7.32. The Bertz CT molecular complexity index is 544. The summed E-state index contributed by atoms with van der Waals surface area (Å²) in [5.74, 6) is 1.19. The predicted octanol–water partition coefficient (Wildman–Crippen LogP) is 2.95. The smallest absolute Gasteiger partial charge is 0.123 e. The molecule has 3 heteroatoms. The van der Waals surface area contributed by atoms with Crippen molar-refractivity contribution in [3.05, 3.63) is 30.1 Å². The molecular weight excluding hydrogens is 222 g/mol. The van der Waals surface area contributed by atoms with Crippen molar-refractivity contribution in [2.45, 2.75) is 38.8 Å². The van der Waals surface area contributed by atoms with Crippen molar-refractivity contribution >= 4 is 11.0 Å². The van der Waals surface area contributed by atoms with Crippen LogP contribution in [0.25, 0.3) is 11.0 Å². The van der Waals surface area contributed by atoms with Crippen LogP contribution < -0.4 is 0 Å². The summed E-state index contributed by atoms with van der Waals surface area (Å²) in [6.45, 7) is 4.53. The van der Waals surface area contributed by atoms with Crippen molar-refractivity contribution in [2.75, 3.05) is 6.54 Å². The van der Waals surface area contributed by atoms with Crippen LogP contribution in [0.3, 0.4) is 0 Å². The molecule has 2 heterocycles. The van der Waals surface area contributed by atoms with Gasteiger partial charge in [0.05, 0.1) is 17.6 Å². The Kier molecular flexibility index (Phi) is 3.08. The molecule has 2 aromatic rings. The number of aryl methyl sites for hydroxylation is 1. The SMILES string of the molecule is CC1CCCCN1Cc1nc2ccccc2n1C. The van der Waals surface area contributed by atoms with Crippen LogP contribution in [-0.2, 0) is 13.6 Å². The summed E-state index contributed by atoms with van der Waals surface area (Å²) in [6, 6.07) is 9.07. The summed E-state index contributed by atoms with van der Waals surface area (Å²) in [7, 11) is 2.12. The Morgan fingerprint density at radius 2 is 2.11 bits per heavy atom. The number of hydrogen-bond acceptors (Lipinski definition) is 2. The maximum absolute atomic E-state index is 4.76. The van der Waals surface area contributed by atoms with E-state index in [-0.39, 0.29) is 0 Å². The van der Waals surface area contributed by atoms with Crippen molar-refractivity contribution in [1.29, 1.82) is 0 Å². The molecule has 1 aliphatic rings. The van der Waals surface area contributed by atoms with Crippen molar-refractivity contribution < 1.29 is 0 Å². The zero-order valence-corrected chi connectivity index (χ0v) is 11.3. The molecule has 0 bridgehead atoms. The molecule has 1 unspecified atom stereocenters. The second kappa shape index (κ2) is 4.73. The molecule has 18 heavy (non-hydrogen) atoms. The Balaban J connectivity index is 1.88. The first-order valence-corrected chi connectivity index (χ1v) is 6.90. The minimum Gasteiger partial charge on any atom is -0.330 e. The molecule has 0 radical (unpaired) electrons. The highest BCUT2D eigenvalue weighted by Gasteiger charge is 2.20. The van der Waals surface area contributed by atoms with Gasteiger partial charge in [0.15, 0.2) is 0 Å². The van der Waals surface area contributed by atoms with E-state index in [2.05, 4.69) is 47.7 Å². The molecule has 96 valence electrons. The van der Waals surface area contributed by atoms with Crippen LogP contribution in [0.4, 0.5) is 0 Å². The van der Waals surface area contributed by atoms with Gasteiger partial charge in [-0.3, -0.25) is 4.90 Å². The van der Waals surface area contributed by atoms with Crippen molar-refractivity contribution in [1.82, 2.24) is 14.5 Å². The summed E-state index contributed by atoms with van der Waals surface area (Å²) in [6.07, 6.45) is 4.03. The Hall–Kier alpha value is -1.35. The van der Waals surface area contributed by atoms with E-state index in [1.165, 1.54) is 37.1 Å². The monoisotopic (exact) mass is 243 g/mol. The number of benzene rings is 1. The van der Waals surface area contributed by atoms with Crippen LogP contribution in [-0.4, -0.2) is 27.0 Å². The Morgan fingerprint density at radius 1 is 1.28 bits per heavy atom. The molecule has 1 saturated heterocycles. The molecule has 3 nitrogen and oxygen atoms in total. The fraction of sp³-hybridized carbons (Fsp3) is 0.533. The lowest BCUT2D eigenvalue weighted by Crippen LogP contribution is -2.37. The van der Waals surface area contributed by atoms with Crippen LogP contribution in [0.5, 0.6) is 0 Å². The van der Waals surface area contributed by atoms with Crippen molar-refractivity contribution in [2.24, 2.45) is 7.05 Å². The summed E-state index contributed by atoms with van der Waals surface area (Å²) in [5.41, 5.74) is 2.34. The van der Waals surface area contributed by atoms with Gasteiger partial charge in [-0.2, -0.15) is 0 Å². The largest absolute Gasteiger partial charge is 0.330 e. The molecule has 0 saturated carbocycles. The number of likely N-dealkylation sites (tertiary alicyclic amines) is 1. The third kappa shape index (κ3) is 2.03. The third-order valence-electron chi connectivity index (χ3n) is 4.16. The summed E-state index contributed by atoms with van der Waals surface area (Å²) >= 11 is 0. The maximum atomic E-state index is 4.76. The highest BCUT2D eigenvalue weighted by molar-refractivity contribution is 5.75. The van der Waals surface area contributed by atoms with Gasteiger partial charge in [-0.25, -0.2) is 4.98 Å². The standard InChI is InChI=1S/C15H21N3/c1-12-7-5-6-10-18(12)11-15-16-13-8-3-4-9-14(13)17(15)2/h3-4,8-9,12H,5-7,10-11H2,1-2H3. The molecule has 1 fully saturated rings. The van der Waals surface area contributed by atoms with Crippen LogP contribution in [0.1, 0.15) is 32.0 Å². The zero-order valence-electron chi connectivity index (χ0n) is 11.3. The van der Waals surface area contributed by atoms with E-state index in [4.69, 9.17) is 4.98 Å². The number of para-hydroxylation sites is 2. The van der Waals surface area contributed by atoms with Gasteiger partial charge in [0, 0.05) is 13.1 Å². The molecule has 0 amide bonds. The molecule has 1 aromatic carbocycles. The first kappa shape index (κ1) is 11.7. The van der Waals surface area contributed by atoms with Crippen molar-refractivity contribution in [3.8, 4) is 0 Å². The highest BCUT2D eigenvalue weighted by Crippen LogP contribution is 2.21. The number of piperidine rings is 1. The Labute approximate surface area is 108 Å². The van der Waals surface area contributed by atoms with Crippen LogP contribution in [0.2, 0.25) is 0 Å². The van der Waals surface area contributed by atoms with E-state index in [0.29, 0.717) is 6.04 Å². The summed E-state index contributed by atoms with van der Waals surface area (Å²) in [5, 5.41) is 0. The first-order valence-electron chi connectivity index (χ1n) is 6.90. The van der Waals surface area contributed by atoms with Gasteiger partial charge in [-0.15, -0.1) is 0 Å². The van der Waals surface area contributed by atoms with Gasteiger partial charge >= 0.3 is 0 Å². The third-order valence-corrected chi connectivity index (χ3v) is 4.16. The van der Waals surface area contributed by atoms with Gasteiger partial charge in [0.25, 0.3) is 0 Å². The minimum absolute atomic E-state index is 0.693. The van der Waals surface area contributed by atoms with Crippen LogP contribution >= 0.6 is 0 Å². The normalized spacial score (nSPS) is 21.6. The van der Waals surface area contributed by atoms with Gasteiger partial charge < -0.3 is 4.57 Å². The fourth-order valence-electron chi connectivity index (χ4n) is 2.91. The average molecular weight is 243 g/mol. The zero-order chi connectivity index (χ0) is 12.5. The molecule has 0 spiro atoms. The number of rotatable bonds is 2. The number of aromatic nitrogens is 2. The van der Waals surface area contributed by atoms with E-state index in [1.54, 1.807) is 0 Å². The summed E-state index contributed by atoms with van der Waals surface area (Å²) < 4.78 is 2.23. The van der Waals surface area contributed by atoms with Gasteiger partial charge in [0.2, 0.25) is 0 Å². The van der Waals surface area contributed by atoms with E-state index in [0.717, 1.165) is 12.1 Å². The van der Waals surface area contributed by atoms with Crippen LogP contribution in [0.15, 0.2) is 24.3 Å². The average Bonchev–Trinajstić information content (AvgIpc) is 2.70. The van der Waals surface area contributed by atoms with Crippen LogP contribution in [0, 0.1) is 0 Å². The van der Waals surface area contributed by atoms with Crippen molar-refractivity contribution in [3.63, 3.8) is 0 Å². The molecule has 1 aliphatic heterocycles. The second-order valence-electron chi connectivity index (χ2n) is 5.39. The highest BCUT2D eigenvalue weighted by atomic mass is 15.2. The van der Waals surface area contributed by atoms with Gasteiger partial charge in [0.1, 0.15) is 5.82 Å². The van der Waals surface area contributed by atoms with E-state index in [9.17, 15) is 0 Å². The van der Waals surface area contributed by atoms with E-state index >= 15 is 0 Å². The number of fused-ring (bicyclic) bond motifs is 1. The van der Waals surface area contributed by atoms with Gasteiger partial charge in [-0.1, -0.05) is 18.6 Å². The molecular formula is C15H21N3. The fourth-order valence-corrected chi connectivity index (χ4v) is 2.91. The first-order chi connectivity index (χ1) is 8.75. The number of nitrogens with zero attached hydrogens (tertiary/aromatic N) is 3. The number of hydrogen-bond donors (Lipinski definition) is 0. The predicted molar refractivity (Wildman–Crippen MR) is 74.4 cm³/mol. The molecule has 3 rings (SSSR count). The molecule has 0 aliphatic carbocycles.